The average molecular weight is 582 g/mol. The second kappa shape index (κ2) is 11.1. The van der Waals surface area contributed by atoms with Gasteiger partial charge in [0, 0.05) is 41.8 Å². The Morgan fingerprint density at radius 2 is 1.48 bits per heavy atom. The van der Waals surface area contributed by atoms with Crippen LogP contribution in [0.2, 0.25) is 0 Å². The molecule has 2 aromatic heterocycles. The van der Waals surface area contributed by atoms with Crippen LogP contribution in [0.4, 0.5) is 10.9 Å². The molecule has 0 radical (unpaired) electrons. The summed E-state index contributed by atoms with van der Waals surface area (Å²) < 4.78 is 7.04. The van der Waals surface area contributed by atoms with Crippen LogP contribution >= 0.6 is 11.3 Å². The molecule has 0 N–H and O–H groups in total. The van der Waals surface area contributed by atoms with Gasteiger partial charge in [-0.05, 0) is 47.5 Å². The van der Waals surface area contributed by atoms with E-state index in [1.807, 2.05) is 48.5 Å². The zero-order valence-corrected chi connectivity index (χ0v) is 23.5. The molecule has 11 heteroatoms. The Hall–Kier alpha value is -5.03. The Kier molecular flexibility index (Phi) is 7.17. The van der Waals surface area contributed by atoms with E-state index in [2.05, 4.69) is 18.1 Å². The van der Waals surface area contributed by atoms with Crippen molar-refractivity contribution in [3.8, 4) is 22.6 Å². The molecule has 212 valence electrons. The van der Waals surface area contributed by atoms with Gasteiger partial charge in [0.05, 0.1) is 11.2 Å². The summed E-state index contributed by atoms with van der Waals surface area (Å²) in [4.78, 5) is 60.1. The summed E-state index contributed by atoms with van der Waals surface area (Å²) in [6.45, 7) is 8.53. The first kappa shape index (κ1) is 27.2. The Bertz CT molecular complexity index is 1760. The highest BCUT2D eigenvalue weighted by atomic mass is 32.1. The van der Waals surface area contributed by atoms with Gasteiger partial charge >= 0.3 is 0 Å². The lowest BCUT2D eigenvalue weighted by Crippen LogP contribution is -2.52. The number of nitrogens with zero attached hydrogens (tertiary/aromatic N) is 5. The zero-order chi connectivity index (χ0) is 29.4. The number of aromatic nitrogens is 1. The summed E-state index contributed by atoms with van der Waals surface area (Å²) in [6.07, 6.45) is 3.96. The molecule has 0 saturated carbocycles. The molecule has 0 bridgehead atoms. The third kappa shape index (κ3) is 4.99. The topological polar surface area (TPSA) is 107 Å². The SMILES string of the molecule is C=CC(=O)N1CCN(c2cnc(-c3cccc(-c4cccc5sc(N6CCN(C(=O)C=C)CC6=O)cc45)c3)o2)C(=O)C1. The number of anilines is 2. The van der Waals surface area contributed by atoms with Gasteiger partial charge in [-0.2, -0.15) is 0 Å². The van der Waals surface area contributed by atoms with Crippen LogP contribution in [0.1, 0.15) is 0 Å². The lowest BCUT2D eigenvalue weighted by atomic mass is 10.00. The molecule has 0 atom stereocenters. The van der Waals surface area contributed by atoms with Gasteiger partial charge in [0.25, 0.3) is 0 Å². The largest absolute Gasteiger partial charge is 0.420 e. The first-order valence-electron chi connectivity index (χ1n) is 13.4. The summed E-state index contributed by atoms with van der Waals surface area (Å²) in [5, 5.41) is 1.85. The Morgan fingerprint density at radius 3 is 2.14 bits per heavy atom. The maximum absolute atomic E-state index is 12.9. The van der Waals surface area contributed by atoms with Crippen molar-refractivity contribution in [1.82, 2.24) is 14.8 Å². The lowest BCUT2D eigenvalue weighted by molar-refractivity contribution is -0.133. The van der Waals surface area contributed by atoms with E-state index >= 15 is 0 Å². The molecule has 0 unspecified atom stereocenters. The molecule has 2 aliphatic rings. The highest BCUT2D eigenvalue weighted by molar-refractivity contribution is 7.23. The number of carbonyl (C=O) groups is 4. The first-order chi connectivity index (χ1) is 20.4. The maximum atomic E-state index is 12.9. The van der Waals surface area contributed by atoms with E-state index in [9.17, 15) is 19.2 Å². The minimum absolute atomic E-state index is 0.0281. The number of thiophene rings is 1. The first-order valence-corrected chi connectivity index (χ1v) is 14.2. The highest BCUT2D eigenvalue weighted by Gasteiger charge is 2.30. The van der Waals surface area contributed by atoms with Crippen molar-refractivity contribution < 1.29 is 23.6 Å². The molecule has 42 heavy (non-hydrogen) atoms. The molecule has 2 fully saturated rings. The minimum Gasteiger partial charge on any atom is -0.420 e. The summed E-state index contributed by atoms with van der Waals surface area (Å²) in [5.74, 6) is -0.192. The van der Waals surface area contributed by atoms with Gasteiger partial charge in [0.1, 0.15) is 13.1 Å². The molecule has 10 nitrogen and oxygen atoms in total. The number of piperazine rings is 2. The van der Waals surface area contributed by atoms with Crippen LogP contribution in [-0.2, 0) is 19.2 Å². The zero-order valence-electron chi connectivity index (χ0n) is 22.7. The van der Waals surface area contributed by atoms with Gasteiger partial charge < -0.3 is 19.1 Å². The van der Waals surface area contributed by atoms with Crippen molar-refractivity contribution in [3.63, 3.8) is 0 Å². The van der Waals surface area contributed by atoms with Crippen LogP contribution in [0.5, 0.6) is 0 Å². The van der Waals surface area contributed by atoms with Crippen molar-refractivity contribution in [2.24, 2.45) is 0 Å². The monoisotopic (exact) mass is 581 g/mol. The molecule has 2 aliphatic heterocycles. The van der Waals surface area contributed by atoms with Crippen LogP contribution in [0.3, 0.4) is 0 Å². The Morgan fingerprint density at radius 1 is 0.833 bits per heavy atom. The van der Waals surface area contributed by atoms with Crippen LogP contribution in [0.25, 0.3) is 32.7 Å². The average Bonchev–Trinajstić information content (AvgIpc) is 3.68. The fraction of sp³-hybridized carbons (Fsp3) is 0.194. The molecule has 4 amide bonds. The summed E-state index contributed by atoms with van der Waals surface area (Å²) >= 11 is 1.54. The van der Waals surface area contributed by atoms with E-state index in [-0.39, 0.29) is 36.7 Å². The standard InChI is InChI=1S/C31H27N5O5S/c1-3-25(37)33-11-13-35(27(39)18-33)29-17-32-31(41-29)21-8-5-7-20(15-21)22-9-6-10-24-23(22)16-30(42-24)36-14-12-34(19-28(36)40)26(38)4-2/h3-10,15-17H,1-2,11-14,18-19H2. The van der Waals surface area contributed by atoms with Gasteiger partial charge in [-0.25, -0.2) is 4.98 Å². The van der Waals surface area contributed by atoms with E-state index < -0.39 is 0 Å². The summed E-state index contributed by atoms with van der Waals surface area (Å²) in [7, 11) is 0. The predicted molar refractivity (Wildman–Crippen MR) is 161 cm³/mol. The number of oxazole rings is 1. The molecule has 6 rings (SSSR count). The number of benzene rings is 2. The van der Waals surface area contributed by atoms with E-state index in [0.29, 0.717) is 38.0 Å². The highest BCUT2D eigenvalue weighted by Crippen LogP contribution is 2.39. The quantitative estimate of drug-likeness (QED) is 0.319. The molecular weight excluding hydrogens is 554 g/mol. The number of fused-ring (bicyclic) bond motifs is 1. The summed E-state index contributed by atoms with van der Waals surface area (Å²) in [5.41, 5.74) is 2.69. The van der Waals surface area contributed by atoms with Crippen molar-refractivity contribution in [1.29, 1.82) is 0 Å². The molecule has 0 spiro atoms. The van der Waals surface area contributed by atoms with Crippen molar-refractivity contribution >= 4 is 55.9 Å². The number of amides is 4. The third-order valence-corrected chi connectivity index (χ3v) is 8.53. The van der Waals surface area contributed by atoms with Gasteiger partial charge in [-0.3, -0.25) is 24.1 Å². The smallest absolute Gasteiger partial charge is 0.249 e. The van der Waals surface area contributed by atoms with Crippen LogP contribution < -0.4 is 9.80 Å². The fourth-order valence-electron chi connectivity index (χ4n) is 5.22. The van der Waals surface area contributed by atoms with E-state index in [1.165, 1.54) is 44.4 Å². The number of hydrogen-bond donors (Lipinski definition) is 0. The van der Waals surface area contributed by atoms with Crippen molar-refractivity contribution in [2.45, 2.75) is 0 Å². The van der Waals surface area contributed by atoms with Crippen LogP contribution in [0.15, 0.2) is 84.5 Å². The van der Waals surface area contributed by atoms with E-state index in [4.69, 9.17) is 4.42 Å². The molecular formula is C31H27N5O5S. The van der Waals surface area contributed by atoms with Crippen molar-refractivity contribution in [3.05, 3.63) is 80.0 Å². The van der Waals surface area contributed by atoms with Crippen molar-refractivity contribution in [2.75, 3.05) is 49.1 Å². The second-order valence-electron chi connectivity index (χ2n) is 9.91. The van der Waals surface area contributed by atoms with E-state index in [0.717, 1.165) is 31.8 Å². The second-order valence-corrected chi connectivity index (χ2v) is 11.0. The molecule has 4 heterocycles. The van der Waals surface area contributed by atoms with Gasteiger partial charge in [-0.1, -0.05) is 37.4 Å². The molecule has 2 aromatic carbocycles. The predicted octanol–water partition coefficient (Wildman–Crippen LogP) is 3.95. The van der Waals surface area contributed by atoms with Gasteiger partial charge in [-0.15, -0.1) is 11.3 Å². The normalized spacial score (nSPS) is 15.8. The van der Waals surface area contributed by atoms with Gasteiger partial charge in [0.15, 0.2) is 0 Å². The van der Waals surface area contributed by atoms with E-state index in [1.54, 1.807) is 4.90 Å². The van der Waals surface area contributed by atoms with Crippen LogP contribution in [-0.4, -0.2) is 77.7 Å². The number of carbonyl (C=O) groups excluding carboxylic acids is 4. The number of hydrogen-bond acceptors (Lipinski definition) is 7. The fourth-order valence-corrected chi connectivity index (χ4v) is 6.35. The molecule has 2 saturated heterocycles. The lowest BCUT2D eigenvalue weighted by Gasteiger charge is -2.32. The minimum atomic E-state index is -0.278. The maximum Gasteiger partial charge on any atom is 0.249 e. The third-order valence-electron chi connectivity index (χ3n) is 7.41. The molecule has 0 aliphatic carbocycles. The number of rotatable bonds is 6. The Balaban J connectivity index is 1.24. The van der Waals surface area contributed by atoms with Gasteiger partial charge in [0.2, 0.25) is 35.4 Å². The Labute approximate surface area is 245 Å². The molecule has 4 aromatic rings. The summed E-state index contributed by atoms with van der Waals surface area (Å²) in [6, 6.07) is 15.9. The van der Waals surface area contributed by atoms with Crippen LogP contribution in [0, 0.1) is 0 Å².